The lowest BCUT2D eigenvalue weighted by atomic mass is 10.2. The number of benzene rings is 3. The third-order valence-corrected chi connectivity index (χ3v) is 4.34. The second kappa shape index (κ2) is 8.57. The molecule has 0 atom stereocenters. The molecule has 1 aromatic heterocycles. The van der Waals surface area contributed by atoms with E-state index in [4.69, 9.17) is 4.74 Å². The van der Waals surface area contributed by atoms with Crippen LogP contribution in [0, 0.1) is 5.82 Å². The molecule has 3 aromatic carbocycles. The summed E-state index contributed by atoms with van der Waals surface area (Å²) in [5.74, 6) is 0.425. The zero-order valence-electron chi connectivity index (χ0n) is 16.2. The third kappa shape index (κ3) is 4.20. The normalized spacial score (nSPS) is 10.6. The van der Waals surface area contributed by atoms with Crippen molar-refractivity contribution in [3.05, 3.63) is 90.5 Å². The van der Waals surface area contributed by atoms with Crippen LogP contribution >= 0.6 is 0 Å². The zero-order valence-corrected chi connectivity index (χ0v) is 16.2. The minimum absolute atomic E-state index is 0.00654. The van der Waals surface area contributed by atoms with Crippen LogP contribution in [0.3, 0.4) is 0 Å². The fourth-order valence-electron chi connectivity index (χ4n) is 2.93. The van der Waals surface area contributed by atoms with Crippen molar-refractivity contribution in [2.45, 2.75) is 6.92 Å². The Kier molecular flexibility index (Phi) is 5.52. The average Bonchev–Trinajstić information content (AvgIpc) is 3.22. The molecule has 150 valence electrons. The second-order valence-corrected chi connectivity index (χ2v) is 6.42. The van der Waals surface area contributed by atoms with Crippen LogP contribution in [-0.2, 0) is 0 Å². The van der Waals surface area contributed by atoms with Crippen molar-refractivity contribution in [2.24, 2.45) is 0 Å². The van der Waals surface area contributed by atoms with Crippen LogP contribution in [-0.4, -0.2) is 27.3 Å². The number of anilines is 1. The van der Waals surface area contributed by atoms with E-state index in [1.165, 1.54) is 24.3 Å². The van der Waals surface area contributed by atoms with Crippen LogP contribution in [0.2, 0.25) is 0 Å². The lowest BCUT2D eigenvalue weighted by Gasteiger charge is -2.07. The SMILES string of the molecule is CCOc1ccc(-n2nc(C(=O)Nc3ccc(F)cc3)nc2-c2ccccc2)cc1. The van der Waals surface area contributed by atoms with Gasteiger partial charge in [-0.2, -0.15) is 0 Å². The van der Waals surface area contributed by atoms with Crippen LogP contribution in [0.25, 0.3) is 17.1 Å². The predicted molar refractivity (Wildman–Crippen MR) is 112 cm³/mol. The van der Waals surface area contributed by atoms with Gasteiger partial charge >= 0.3 is 0 Å². The highest BCUT2D eigenvalue weighted by Gasteiger charge is 2.19. The van der Waals surface area contributed by atoms with Crippen LogP contribution in [0.15, 0.2) is 78.9 Å². The van der Waals surface area contributed by atoms with Gasteiger partial charge in [-0.3, -0.25) is 4.79 Å². The summed E-state index contributed by atoms with van der Waals surface area (Å²) in [6.45, 7) is 2.50. The number of amides is 1. The minimum atomic E-state index is -0.483. The van der Waals surface area contributed by atoms with E-state index in [9.17, 15) is 9.18 Å². The molecule has 0 unspecified atom stereocenters. The van der Waals surface area contributed by atoms with Gasteiger partial charge in [0, 0.05) is 11.3 Å². The maximum atomic E-state index is 13.1. The molecule has 0 aliphatic rings. The molecule has 0 radical (unpaired) electrons. The largest absolute Gasteiger partial charge is 0.494 e. The van der Waals surface area contributed by atoms with Crippen molar-refractivity contribution in [3.63, 3.8) is 0 Å². The lowest BCUT2D eigenvalue weighted by molar-refractivity contribution is 0.101. The van der Waals surface area contributed by atoms with Crippen LogP contribution in [0.1, 0.15) is 17.5 Å². The standard InChI is InChI=1S/C23H19FN4O2/c1-2-30-20-14-12-19(13-15-20)28-22(16-6-4-3-5-7-16)26-21(27-28)23(29)25-18-10-8-17(24)9-11-18/h3-15H,2H2,1H3,(H,25,29). The van der Waals surface area contributed by atoms with Gasteiger partial charge in [-0.05, 0) is 55.5 Å². The van der Waals surface area contributed by atoms with Gasteiger partial charge in [0.15, 0.2) is 5.82 Å². The summed E-state index contributed by atoms with van der Waals surface area (Å²) in [6, 6.07) is 22.4. The number of carbonyl (C=O) groups is 1. The fourth-order valence-corrected chi connectivity index (χ4v) is 2.93. The molecule has 1 amide bonds. The maximum Gasteiger partial charge on any atom is 0.295 e. The highest BCUT2D eigenvalue weighted by Crippen LogP contribution is 2.23. The number of rotatable bonds is 6. The number of hydrogen-bond acceptors (Lipinski definition) is 4. The van der Waals surface area contributed by atoms with Crippen LogP contribution in [0.4, 0.5) is 10.1 Å². The minimum Gasteiger partial charge on any atom is -0.494 e. The van der Waals surface area contributed by atoms with E-state index in [-0.39, 0.29) is 11.6 Å². The number of nitrogens with one attached hydrogen (secondary N) is 1. The van der Waals surface area contributed by atoms with E-state index in [1.807, 2.05) is 61.5 Å². The van der Waals surface area contributed by atoms with Crippen LogP contribution < -0.4 is 10.1 Å². The first-order chi connectivity index (χ1) is 14.6. The summed E-state index contributed by atoms with van der Waals surface area (Å²) < 4.78 is 20.2. The summed E-state index contributed by atoms with van der Waals surface area (Å²) >= 11 is 0. The van der Waals surface area contributed by atoms with Gasteiger partial charge < -0.3 is 10.1 Å². The quantitative estimate of drug-likeness (QED) is 0.506. The molecule has 0 saturated carbocycles. The number of halogens is 1. The van der Waals surface area contributed by atoms with E-state index < -0.39 is 5.91 Å². The summed E-state index contributed by atoms with van der Waals surface area (Å²) in [6.07, 6.45) is 0. The van der Waals surface area contributed by atoms with Gasteiger partial charge in [0.2, 0.25) is 5.82 Å². The number of nitrogens with zero attached hydrogens (tertiary/aromatic N) is 3. The average molecular weight is 402 g/mol. The van der Waals surface area contributed by atoms with Crippen molar-refractivity contribution in [1.82, 2.24) is 14.8 Å². The lowest BCUT2D eigenvalue weighted by Crippen LogP contribution is -2.14. The summed E-state index contributed by atoms with van der Waals surface area (Å²) in [7, 11) is 0. The molecule has 0 aliphatic carbocycles. The Morgan fingerprint density at radius 3 is 2.37 bits per heavy atom. The predicted octanol–water partition coefficient (Wildman–Crippen LogP) is 4.72. The Labute approximate surface area is 173 Å². The monoisotopic (exact) mass is 402 g/mol. The molecule has 30 heavy (non-hydrogen) atoms. The third-order valence-electron chi connectivity index (χ3n) is 4.34. The molecule has 0 saturated heterocycles. The first kappa shape index (κ1) is 19.3. The van der Waals surface area contributed by atoms with Crippen molar-refractivity contribution < 1.29 is 13.9 Å². The molecule has 4 rings (SSSR count). The highest BCUT2D eigenvalue weighted by atomic mass is 19.1. The zero-order chi connectivity index (χ0) is 20.9. The highest BCUT2D eigenvalue weighted by molar-refractivity contribution is 6.01. The Balaban J connectivity index is 1.70. The summed E-state index contributed by atoms with van der Waals surface area (Å²) in [4.78, 5) is 17.2. The van der Waals surface area contributed by atoms with Gasteiger partial charge in [0.1, 0.15) is 11.6 Å². The topological polar surface area (TPSA) is 69.0 Å². The van der Waals surface area contributed by atoms with Crippen molar-refractivity contribution >= 4 is 11.6 Å². The fraction of sp³-hybridized carbons (Fsp3) is 0.0870. The first-order valence-corrected chi connectivity index (χ1v) is 9.46. The smallest absolute Gasteiger partial charge is 0.295 e. The molecule has 0 spiro atoms. The van der Waals surface area contributed by atoms with Gasteiger partial charge in [-0.15, -0.1) is 5.10 Å². The molecular weight excluding hydrogens is 383 g/mol. The molecule has 4 aromatic rings. The second-order valence-electron chi connectivity index (χ2n) is 6.42. The Bertz CT molecular complexity index is 1140. The van der Waals surface area contributed by atoms with E-state index >= 15 is 0 Å². The van der Waals surface area contributed by atoms with Crippen LogP contribution in [0.5, 0.6) is 5.75 Å². The maximum absolute atomic E-state index is 13.1. The molecule has 0 fully saturated rings. The summed E-state index contributed by atoms with van der Waals surface area (Å²) in [5.41, 5.74) is 2.02. The molecule has 0 aliphatic heterocycles. The van der Waals surface area contributed by atoms with E-state index in [2.05, 4.69) is 15.4 Å². The molecule has 7 heteroatoms. The van der Waals surface area contributed by atoms with Crippen molar-refractivity contribution in [1.29, 1.82) is 0 Å². The molecule has 1 heterocycles. The van der Waals surface area contributed by atoms with Gasteiger partial charge in [0.25, 0.3) is 5.91 Å². The Morgan fingerprint density at radius 2 is 1.70 bits per heavy atom. The van der Waals surface area contributed by atoms with E-state index in [0.717, 1.165) is 17.0 Å². The molecule has 1 N–H and O–H groups in total. The number of aromatic nitrogens is 3. The number of hydrogen-bond donors (Lipinski definition) is 1. The van der Waals surface area contributed by atoms with E-state index in [1.54, 1.807) is 4.68 Å². The van der Waals surface area contributed by atoms with Gasteiger partial charge in [0.05, 0.1) is 12.3 Å². The molecule has 6 nitrogen and oxygen atoms in total. The van der Waals surface area contributed by atoms with Crippen molar-refractivity contribution in [2.75, 3.05) is 11.9 Å². The summed E-state index contributed by atoms with van der Waals surface area (Å²) in [5, 5.41) is 7.12. The van der Waals surface area contributed by atoms with Gasteiger partial charge in [-0.1, -0.05) is 30.3 Å². The first-order valence-electron chi connectivity index (χ1n) is 9.46. The number of ether oxygens (including phenoxy) is 1. The molecular formula is C23H19FN4O2. The Morgan fingerprint density at radius 1 is 1.00 bits per heavy atom. The van der Waals surface area contributed by atoms with Crippen molar-refractivity contribution in [3.8, 4) is 22.8 Å². The Hall–Kier alpha value is -4.00. The number of carbonyl (C=O) groups excluding carboxylic acids is 1. The van der Waals surface area contributed by atoms with E-state index in [0.29, 0.717) is 18.1 Å². The van der Waals surface area contributed by atoms with Gasteiger partial charge in [-0.25, -0.2) is 14.1 Å². The molecule has 0 bridgehead atoms.